The Morgan fingerprint density at radius 2 is 1.84 bits per heavy atom. The third-order valence-corrected chi connectivity index (χ3v) is 5.48. The number of anilines is 1. The number of halogens is 2. The summed E-state index contributed by atoms with van der Waals surface area (Å²) >= 11 is 7.16. The van der Waals surface area contributed by atoms with Crippen molar-refractivity contribution >= 4 is 35.0 Å². The molecule has 1 aromatic heterocycles. The smallest absolute Gasteiger partial charge is 0.234 e. The number of rotatable bonds is 7. The van der Waals surface area contributed by atoms with E-state index in [9.17, 15) is 9.18 Å². The van der Waals surface area contributed by atoms with E-state index in [1.54, 1.807) is 48.5 Å². The molecule has 1 heterocycles. The van der Waals surface area contributed by atoms with E-state index >= 15 is 0 Å². The van der Waals surface area contributed by atoms with Crippen molar-refractivity contribution in [1.29, 1.82) is 0 Å². The van der Waals surface area contributed by atoms with Crippen LogP contribution in [0.2, 0.25) is 5.02 Å². The largest absolute Gasteiger partial charge is 0.455 e. The Kier molecular flexibility index (Phi) is 6.58. The second-order valence-electron chi connectivity index (χ2n) is 6.55. The third kappa shape index (κ3) is 5.01. The molecule has 0 aliphatic carbocycles. The predicted octanol–water partition coefficient (Wildman–Crippen LogP) is 4.97. The van der Waals surface area contributed by atoms with E-state index in [0.29, 0.717) is 22.2 Å². The lowest BCUT2D eigenvalue weighted by Gasteiger charge is -2.12. The van der Waals surface area contributed by atoms with Gasteiger partial charge in [-0.15, -0.1) is 10.2 Å². The van der Waals surface area contributed by atoms with Crippen molar-refractivity contribution in [3.8, 4) is 22.9 Å². The van der Waals surface area contributed by atoms with Crippen LogP contribution in [0.4, 0.5) is 10.1 Å². The fourth-order valence-electron chi connectivity index (χ4n) is 2.82. The number of carbonyl (C=O) groups is 1. The Morgan fingerprint density at radius 1 is 1.09 bits per heavy atom. The molecule has 162 valence electrons. The van der Waals surface area contributed by atoms with Gasteiger partial charge in [-0.3, -0.25) is 4.79 Å². The topological polar surface area (TPSA) is 95.1 Å². The summed E-state index contributed by atoms with van der Waals surface area (Å²) in [5, 5.41) is 11.4. The molecule has 0 saturated heterocycles. The molecule has 0 atom stereocenters. The predicted molar refractivity (Wildman–Crippen MR) is 123 cm³/mol. The molecule has 0 aliphatic heterocycles. The second kappa shape index (κ2) is 9.71. The molecule has 10 heteroatoms. The Balaban J connectivity index is 1.44. The van der Waals surface area contributed by atoms with Crippen molar-refractivity contribution < 1.29 is 13.9 Å². The van der Waals surface area contributed by atoms with E-state index in [0.717, 1.165) is 16.4 Å². The molecule has 1 amide bonds. The highest BCUT2D eigenvalue weighted by atomic mass is 35.5. The normalized spacial score (nSPS) is 10.7. The Morgan fingerprint density at radius 3 is 2.62 bits per heavy atom. The SMILES string of the molecule is Nn1c(SCC(=O)Nc2cc(Cl)ccc2Oc2ccccc2)nnc1-c1ccccc1F. The number of hydrogen-bond donors (Lipinski definition) is 2. The highest BCUT2D eigenvalue weighted by Gasteiger charge is 2.17. The highest BCUT2D eigenvalue weighted by Crippen LogP contribution is 2.32. The summed E-state index contributed by atoms with van der Waals surface area (Å²) < 4.78 is 21.0. The van der Waals surface area contributed by atoms with Gasteiger partial charge in [0.05, 0.1) is 17.0 Å². The maximum atomic E-state index is 14.0. The highest BCUT2D eigenvalue weighted by molar-refractivity contribution is 7.99. The van der Waals surface area contributed by atoms with E-state index in [-0.39, 0.29) is 28.2 Å². The van der Waals surface area contributed by atoms with E-state index in [1.165, 1.54) is 6.07 Å². The lowest BCUT2D eigenvalue weighted by Crippen LogP contribution is -2.17. The average Bonchev–Trinajstić information content (AvgIpc) is 3.15. The van der Waals surface area contributed by atoms with Gasteiger partial charge in [-0.2, -0.15) is 0 Å². The number of nitrogen functional groups attached to an aromatic ring is 1. The summed E-state index contributed by atoms with van der Waals surface area (Å²) in [5.74, 6) is 6.44. The third-order valence-electron chi connectivity index (χ3n) is 4.30. The standard InChI is InChI=1S/C22H17ClFN5O2S/c23-14-10-11-19(31-15-6-2-1-3-7-15)18(12-14)26-20(30)13-32-22-28-27-21(29(22)25)16-8-4-5-9-17(16)24/h1-12H,13,25H2,(H,26,30). The first-order valence-electron chi connectivity index (χ1n) is 9.42. The number of aromatic nitrogens is 3. The van der Waals surface area contributed by atoms with Gasteiger partial charge in [0.2, 0.25) is 11.1 Å². The van der Waals surface area contributed by atoms with Crippen LogP contribution in [0.3, 0.4) is 0 Å². The Hall–Kier alpha value is -3.56. The molecule has 3 N–H and O–H groups in total. The number of ether oxygens (including phenoxy) is 1. The number of amides is 1. The zero-order valence-electron chi connectivity index (χ0n) is 16.5. The van der Waals surface area contributed by atoms with E-state index < -0.39 is 5.82 Å². The number of nitrogens with one attached hydrogen (secondary N) is 1. The summed E-state index contributed by atoms with van der Waals surface area (Å²) in [6, 6.07) is 20.2. The Bertz CT molecular complexity index is 1250. The molecule has 4 aromatic rings. The summed E-state index contributed by atoms with van der Waals surface area (Å²) in [5.41, 5.74) is 0.647. The van der Waals surface area contributed by atoms with Crippen molar-refractivity contribution in [3.05, 3.63) is 83.6 Å². The minimum absolute atomic E-state index is 0.0100. The van der Waals surface area contributed by atoms with Gasteiger partial charge >= 0.3 is 0 Å². The molecule has 0 fully saturated rings. The monoisotopic (exact) mass is 469 g/mol. The molecule has 0 spiro atoms. The molecule has 4 rings (SSSR count). The van der Waals surface area contributed by atoms with Crippen molar-refractivity contribution in [2.45, 2.75) is 5.16 Å². The quantitative estimate of drug-likeness (QED) is 0.293. The van der Waals surface area contributed by atoms with Gasteiger partial charge in [-0.05, 0) is 42.5 Å². The van der Waals surface area contributed by atoms with Gasteiger partial charge in [0.15, 0.2) is 11.6 Å². The fraction of sp³-hybridized carbons (Fsp3) is 0.0455. The number of nitrogens with zero attached hydrogens (tertiary/aromatic N) is 3. The van der Waals surface area contributed by atoms with Gasteiger partial charge in [0.1, 0.15) is 11.6 Å². The van der Waals surface area contributed by atoms with Crippen molar-refractivity contribution in [3.63, 3.8) is 0 Å². The number of carbonyl (C=O) groups excluding carboxylic acids is 1. The molecule has 3 aromatic carbocycles. The molecule has 7 nitrogen and oxygen atoms in total. The molecule has 0 radical (unpaired) electrons. The minimum atomic E-state index is -0.465. The lowest BCUT2D eigenvalue weighted by molar-refractivity contribution is -0.113. The number of para-hydroxylation sites is 1. The van der Waals surface area contributed by atoms with Crippen LogP contribution in [-0.4, -0.2) is 26.5 Å². The van der Waals surface area contributed by atoms with Crippen molar-refractivity contribution in [1.82, 2.24) is 14.9 Å². The van der Waals surface area contributed by atoms with Gasteiger partial charge in [-0.1, -0.05) is 53.7 Å². The summed E-state index contributed by atoms with van der Waals surface area (Å²) in [6.45, 7) is 0. The van der Waals surface area contributed by atoms with Crippen LogP contribution in [-0.2, 0) is 4.79 Å². The first kappa shape index (κ1) is 21.7. The first-order chi connectivity index (χ1) is 15.5. The summed E-state index contributed by atoms with van der Waals surface area (Å²) in [6.07, 6.45) is 0. The number of thioether (sulfide) groups is 1. The minimum Gasteiger partial charge on any atom is -0.455 e. The van der Waals surface area contributed by atoms with Gasteiger partial charge in [0, 0.05) is 5.02 Å². The molecule has 32 heavy (non-hydrogen) atoms. The average molecular weight is 470 g/mol. The summed E-state index contributed by atoms with van der Waals surface area (Å²) in [4.78, 5) is 12.6. The van der Waals surface area contributed by atoms with Gasteiger partial charge < -0.3 is 15.9 Å². The Labute approximate surface area is 192 Å². The molecular formula is C22H17ClFN5O2S. The van der Waals surface area contributed by atoms with E-state index in [1.807, 2.05) is 18.2 Å². The van der Waals surface area contributed by atoms with Crippen LogP contribution in [0.1, 0.15) is 0 Å². The van der Waals surface area contributed by atoms with Crippen LogP contribution >= 0.6 is 23.4 Å². The number of nitrogens with two attached hydrogens (primary N) is 1. The van der Waals surface area contributed by atoms with Crippen LogP contribution in [0.15, 0.2) is 78.0 Å². The second-order valence-corrected chi connectivity index (χ2v) is 7.93. The van der Waals surface area contributed by atoms with Gasteiger partial charge in [-0.25, -0.2) is 9.07 Å². The molecule has 0 aliphatic rings. The van der Waals surface area contributed by atoms with Crippen molar-refractivity contribution in [2.24, 2.45) is 0 Å². The first-order valence-corrected chi connectivity index (χ1v) is 10.8. The number of benzene rings is 3. The van der Waals surface area contributed by atoms with Crippen molar-refractivity contribution in [2.75, 3.05) is 16.9 Å². The maximum Gasteiger partial charge on any atom is 0.234 e. The van der Waals surface area contributed by atoms with Crippen LogP contribution in [0.25, 0.3) is 11.4 Å². The zero-order chi connectivity index (χ0) is 22.5. The molecule has 0 bridgehead atoms. The van der Waals surface area contributed by atoms with Crippen LogP contribution < -0.4 is 15.9 Å². The lowest BCUT2D eigenvalue weighted by atomic mass is 10.2. The van der Waals surface area contributed by atoms with Gasteiger partial charge in [0.25, 0.3) is 0 Å². The van der Waals surface area contributed by atoms with E-state index in [4.69, 9.17) is 22.2 Å². The molecule has 0 saturated carbocycles. The molecular weight excluding hydrogens is 453 g/mol. The van der Waals surface area contributed by atoms with Crippen LogP contribution in [0.5, 0.6) is 11.5 Å². The fourth-order valence-corrected chi connectivity index (χ4v) is 3.65. The van der Waals surface area contributed by atoms with Crippen LogP contribution in [0, 0.1) is 5.82 Å². The summed E-state index contributed by atoms with van der Waals surface area (Å²) in [7, 11) is 0. The number of hydrogen-bond acceptors (Lipinski definition) is 6. The zero-order valence-corrected chi connectivity index (χ0v) is 18.1. The van der Waals surface area contributed by atoms with E-state index in [2.05, 4.69) is 15.5 Å². The maximum absolute atomic E-state index is 14.0. The molecule has 0 unspecified atom stereocenters.